The highest BCUT2D eigenvalue weighted by Crippen LogP contribution is 2.35. The normalized spacial score (nSPS) is 12.8. The maximum Gasteiger partial charge on any atom is 0.0314 e. The molecule has 0 radical (unpaired) electrons. The third kappa shape index (κ3) is 6.39. The summed E-state index contributed by atoms with van der Waals surface area (Å²) in [7, 11) is 0. The second kappa shape index (κ2) is 10.7. The van der Waals surface area contributed by atoms with E-state index in [1.165, 1.54) is 22.3 Å². The van der Waals surface area contributed by atoms with Gasteiger partial charge in [0.2, 0.25) is 0 Å². The van der Waals surface area contributed by atoms with Crippen molar-refractivity contribution in [3.63, 3.8) is 0 Å². The van der Waals surface area contributed by atoms with E-state index in [1.807, 2.05) is 36.4 Å². The van der Waals surface area contributed by atoms with Gasteiger partial charge in [-0.2, -0.15) is 0 Å². The quantitative estimate of drug-likeness (QED) is 0.272. The molecule has 0 spiro atoms. The van der Waals surface area contributed by atoms with E-state index in [9.17, 15) is 0 Å². The summed E-state index contributed by atoms with van der Waals surface area (Å²) in [4.78, 5) is 0. The molecule has 0 aliphatic carbocycles. The Labute approximate surface area is 197 Å². The largest absolute Gasteiger partial charge is 0.399 e. The second-order valence-corrected chi connectivity index (χ2v) is 8.95. The van der Waals surface area contributed by atoms with Crippen LogP contribution in [0, 0.1) is 5.92 Å². The lowest BCUT2D eigenvalue weighted by Crippen LogP contribution is -2.19. The van der Waals surface area contributed by atoms with Crippen LogP contribution in [0.2, 0.25) is 0 Å². The van der Waals surface area contributed by atoms with E-state index in [4.69, 9.17) is 17.2 Å². The first-order chi connectivity index (χ1) is 16.1. The van der Waals surface area contributed by atoms with Crippen molar-refractivity contribution in [1.82, 2.24) is 0 Å². The lowest BCUT2D eigenvalue weighted by Gasteiger charge is -2.29. The molecule has 0 bridgehead atoms. The molecule has 4 aromatic carbocycles. The monoisotopic (exact) mass is 435 g/mol. The first-order valence-electron chi connectivity index (χ1n) is 11.6. The second-order valence-electron chi connectivity index (χ2n) is 8.95. The van der Waals surface area contributed by atoms with Crippen LogP contribution in [0.4, 0.5) is 17.1 Å². The lowest BCUT2D eigenvalue weighted by molar-refractivity contribution is 0.389. The highest BCUT2D eigenvalue weighted by molar-refractivity contribution is 5.41. The van der Waals surface area contributed by atoms with Gasteiger partial charge < -0.3 is 17.2 Å². The van der Waals surface area contributed by atoms with E-state index >= 15 is 0 Å². The molecular weight excluding hydrogens is 402 g/mol. The van der Waals surface area contributed by atoms with Gasteiger partial charge in [0, 0.05) is 17.1 Å². The van der Waals surface area contributed by atoms with Crippen LogP contribution in [0.15, 0.2) is 103 Å². The molecule has 2 atom stereocenters. The Kier molecular flexibility index (Phi) is 7.31. The molecule has 6 N–H and O–H groups in total. The van der Waals surface area contributed by atoms with E-state index in [0.29, 0.717) is 11.8 Å². The number of aryl methyl sites for hydroxylation is 1. The van der Waals surface area contributed by atoms with Crippen LogP contribution in [-0.4, -0.2) is 0 Å². The Bertz CT molecular complexity index is 1120. The average Bonchev–Trinajstić information content (AvgIpc) is 2.84. The van der Waals surface area contributed by atoms with E-state index in [2.05, 4.69) is 66.7 Å². The summed E-state index contributed by atoms with van der Waals surface area (Å²) in [5, 5.41) is 0. The molecule has 3 nitrogen and oxygen atoms in total. The van der Waals surface area contributed by atoms with Gasteiger partial charge in [0.05, 0.1) is 0 Å². The average molecular weight is 436 g/mol. The molecule has 168 valence electrons. The predicted molar refractivity (Wildman–Crippen MR) is 141 cm³/mol. The molecule has 4 rings (SSSR count). The van der Waals surface area contributed by atoms with E-state index < -0.39 is 0 Å². The number of hydrogen-bond acceptors (Lipinski definition) is 3. The van der Waals surface area contributed by atoms with Crippen molar-refractivity contribution in [3.8, 4) is 0 Å². The molecule has 0 aromatic heterocycles. The number of nitrogens with two attached hydrogens (primary N) is 3. The Balaban J connectivity index is 1.64. The van der Waals surface area contributed by atoms with Gasteiger partial charge in [0.15, 0.2) is 0 Å². The fourth-order valence-corrected chi connectivity index (χ4v) is 4.60. The molecule has 0 aliphatic rings. The Hall–Kier alpha value is -3.72. The van der Waals surface area contributed by atoms with Crippen LogP contribution >= 0.6 is 0 Å². The molecule has 0 heterocycles. The van der Waals surface area contributed by atoms with Crippen molar-refractivity contribution in [3.05, 3.63) is 125 Å². The minimum atomic E-state index is 0.390. The standard InChI is InChI=1S/C30H33N3/c31-27-14-7-22(8-15-27)6-13-26(20-23-9-16-28(32)17-10-23)30(25-4-2-1-3-5-25)21-24-11-18-29(33)19-12-24/h1-5,7-12,14-19,26,30H,6,13,20-21,31-33H2. The van der Waals surface area contributed by atoms with Crippen LogP contribution in [0.3, 0.4) is 0 Å². The maximum absolute atomic E-state index is 5.95. The van der Waals surface area contributed by atoms with Crippen LogP contribution in [0.5, 0.6) is 0 Å². The van der Waals surface area contributed by atoms with Crippen molar-refractivity contribution >= 4 is 17.1 Å². The van der Waals surface area contributed by atoms with Gasteiger partial charge in [-0.15, -0.1) is 0 Å². The van der Waals surface area contributed by atoms with Crippen molar-refractivity contribution in [2.75, 3.05) is 17.2 Å². The number of anilines is 3. The number of hydrogen-bond donors (Lipinski definition) is 3. The van der Waals surface area contributed by atoms with Gasteiger partial charge in [0.25, 0.3) is 0 Å². The highest BCUT2D eigenvalue weighted by atomic mass is 14.5. The van der Waals surface area contributed by atoms with Crippen LogP contribution in [0.1, 0.15) is 34.6 Å². The Morgan fingerprint density at radius 3 is 1.45 bits per heavy atom. The van der Waals surface area contributed by atoms with Gasteiger partial charge in [-0.3, -0.25) is 0 Å². The van der Waals surface area contributed by atoms with E-state index in [0.717, 1.165) is 42.7 Å². The van der Waals surface area contributed by atoms with Gasteiger partial charge >= 0.3 is 0 Å². The van der Waals surface area contributed by atoms with Gasteiger partial charge in [-0.25, -0.2) is 0 Å². The molecule has 0 saturated heterocycles. The summed E-state index contributed by atoms with van der Waals surface area (Å²) in [6.07, 6.45) is 4.09. The molecule has 3 heteroatoms. The minimum Gasteiger partial charge on any atom is -0.399 e. The summed E-state index contributed by atoms with van der Waals surface area (Å²) in [5.74, 6) is 0.854. The number of rotatable bonds is 9. The predicted octanol–water partition coefficient (Wildman–Crippen LogP) is 6.25. The zero-order valence-corrected chi connectivity index (χ0v) is 19.0. The summed E-state index contributed by atoms with van der Waals surface area (Å²) in [6, 6.07) is 35.8. The Morgan fingerprint density at radius 1 is 0.485 bits per heavy atom. The molecule has 2 unspecified atom stereocenters. The van der Waals surface area contributed by atoms with Crippen LogP contribution < -0.4 is 17.2 Å². The van der Waals surface area contributed by atoms with Gasteiger partial charge in [-0.05, 0) is 96.2 Å². The summed E-state index contributed by atoms with van der Waals surface area (Å²) >= 11 is 0. The molecular formula is C30H33N3. The molecule has 0 saturated carbocycles. The lowest BCUT2D eigenvalue weighted by atomic mass is 9.76. The third-order valence-corrected chi connectivity index (χ3v) is 6.49. The van der Waals surface area contributed by atoms with Crippen molar-refractivity contribution in [2.45, 2.75) is 31.6 Å². The van der Waals surface area contributed by atoms with Gasteiger partial charge in [0.1, 0.15) is 0 Å². The van der Waals surface area contributed by atoms with Gasteiger partial charge in [-0.1, -0.05) is 66.7 Å². The fraction of sp³-hybridized carbons (Fsp3) is 0.200. The molecule has 0 amide bonds. The van der Waals surface area contributed by atoms with Crippen molar-refractivity contribution in [1.29, 1.82) is 0 Å². The number of nitrogen functional groups attached to an aromatic ring is 3. The SMILES string of the molecule is Nc1ccc(CCC(Cc2ccc(N)cc2)C(Cc2ccc(N)cc2)c2ccccc2)cc1. The van der Waals surface area contributed by atoms with E-state index in [1.54, 1.807) is 0 Å². The van der Waals surface area contributed by atoms with Crippen LogP contribution in [0.25, 0.3) is 0 Å². The zero-order valence-electron chi connectivity index (χ0n) is 19.0. The first-order valence-corrected chi connectivity index (χ1v) is 11.6. The molecule has 33 heavy (non-hydrogen) atoms. The number of benzene rings is 4. The maximum atomic E-state index is 5.95. The van der Waals surface area contributed by atoms with Crippen molar-refractivity contribution < 1.29 is 0 Å². The third-order valence-electron chi connectivity index (χ3n) is 6.49. The minimum absolute atomic E-state index is 0.390. The van der Waals surface area contributed by atoms with Crippen molar-refractivity contribution in [2.24, 2.45) is 5.92 Å². The molecule has 4 aromatic rings. The Morgan fingerprint density at radius 2 is 0.939 bits per heavy atom. The molecule has 0 fully saturated rings. The topological polar surface area (TPSA) is 78.1 Å². The fourth-order valence-electron chi connectivity index (χ4n) is 4.60. The summed E-state index contributed by atoms with van der Waals surface area (Å²) in [6.45, 7) is 0. The summed E-state index contributed by atoms with van der Waals surface area (Å²) in [5.41, 5.74) is 25.6. The molecule has 0 aliphatic heterocycles. The smallest absolute Gasteiger partial charge is 0.0314 e. The van der Waals surface area contributed by atoms with Crippen LogP contribution in [-0.2, 0) is 19.3 Å². The highest BCUT2D eigenvalue weighted by Gasteiger charge is 2.24. The van der Waals surface area contributed by atoms with E-state index in [-0.39, 0.29) is 0 Å². The summed E-state index contributed by atoms with van der Waals surface area (Å²) < 4.78 is 0. The zero-order chi connectivity index (χ0) is 23.0. The first kappa shape index (κ1) is 22.5.